The Morgan fingerprint density at radius 1 is 1.29 bits per heavy atom. The first kappa shape index (κ1) is 23.7. The number of aromatic nitrogens is 3. The Kier molecular flexibility index (Phi) is 9.81. The largest absolute Gasteiger partial charge is 0.463 e. The summed E-state index contributed by atoms with van der Waals surface area (Å²) < 4.78 is 14.1. The maximum atomic E-state index is 12.3. The molecule has 2 aromatic heterocycles. The van der Waals surface area contributed by atoms with E-state index in [-0.39, 0.29) is 24.4 Å². The third-order valence-corrected chi connectivity index (χ3v) is 6.29. The first-order chi connectivity index (χ1) is 15.1. The first-order valence-electron chi connectivity index (χ1n) is 11.4. The van der Waals surface area contributed by atoms with E-state index in [1.807, 2.05) is 32.0 Å². The molecule has 0 spiro atoms. The van der Waals surface area contributed by atoms with E-state index in [2.05, 4.69) is 19.8 Å². The lowest BCUT2D eigenvalue weighted by molar-refractivity contribution is -0.148. The summed E-state index contributed by atoms with van der Waals surface area (Å²) in [5, 5.41) is 4.98. The number of esters is 1. The van der Waals surface area contributed by atoms with Crippen molar-refractivity contribution in [3.05, 3.63) is 36.1 Å². The molecule has 2 aromatic rings. The Bertz CT molecular complexity index is 778. The van der Waals surface area contributed by atoms with Crippen LogP contribution in [0.1, 0.15) is 89.3 Å². The smallest absolute Gasteiger partial charge is 0.306 e. The van der Waals surface area contributed by atoms with E-state index in [0.29, 0.717) is 18.3 Å². The number of rotatable bonds is 12. The molecule has 1 saturated carbocycles. The van der Waals surface area contributed by atoms with E-state index in [1.54, 1.807) is 6.20 Å². The van der Waals surface area contributed by atoms with Gasteiger partial charge in [0.25, 0.3) is 0 Å². The van der Waals surface area contributed by atoms with E-state index < -0.39 is 0 Å². The molecular weight excluding hydrogens is 412 g/mol. The van der Waals surface area contributed by atoms with Crippen molar-refractivity contribution in [1.29, 1.82) is 0 Å². The lowest BCUT2D eigenvalue weighted by Gasteiger charge is -2.22. The summed E-state index contributed by atoms with van der Waals surface area (Å²) in [4.78, 5) is 21.1. The normalized spacial score (nSPS) is 15.8. The van der Waals surface area contributed by atoms with Gasteiger partial charge in [0.2, 0.25) is 5.89 Å². The monoisotopic (exact) mass is 446 g/mol. The minimum atomic E-state index is -0.207. The molecule has 1 atom stereocenters. The van der Waals surface area contributed by atoms with Gasteiger partial charge in [-0.3, -0.25) is 9.52 Å². The third kappa shape index (κ3) is 8.61. The number of pyridine rings is 1. The summed E-state index contributed by atoms with van der Waals surface area (Å²) in [7, 11) is 0. The SMILES string of the molecule is CC(C)OC(=O)C[C@@H](CCCC1CCCCC1)c1nc(CNSc2ccccn2)no1. The molecular formula is C23H34N4O3S. The second-order valence-electron chi connectivity index (χ2n) is 8.51. The van der Waals surface area contributed by atoms with Crippen molar-refractivity contribution in [2.75, 3.05) is 0 Å². The van der Waals surface area contributed by atoms with Crippen LogP contribution in [0.5, 0.6) is 0 Å². The summed E-state index contributed by atoms with van der Waals surface area (Å²) in [6.07, 6.45) is 11.8. The van der Waals surface area contributed by atoms with Crippen LogP contribution in [0, 0.1) is 5.92 Å². The highest BCUT2D eigenvalue weighted by molar-refractivity contribution is 7.97. The van der Waals surface area contributed by atoms with Crippen LogP contribution < -0.4 is 4.72 Å². The second-order valence-corrected chi connectivity index (χ2v) is 9.43. The molecule has 8 heteroatoms. The zero-order chi connectivity index (χ0) is 21.9. The van der Waals surface area contributed by atoms with Crippen molar-refractivity contribution < 1.29 is 14.1 Å². The van der Waals surface area contributed by atoms with E-state index in [9.17, 15) is 4.79 Å². The van der Waals surface area contributed by atoms with Crippen molar-refractivity contribution in [3.63, 3.8) is 0 Å². The number of nitrogens with zero attached hydrogens (tertiary/aromatic N) is 3. The fraction of sp³-hybridized carbons (Fsp3) is 0.652. The van der Waals surface area contributed by atoms with Crippen LogP contribution in [0.3, 0.4) is 0 Å². The van der Waals surface area contributed by atoms with Gasteiger partial charge < -0.3 is 9.26 Å². The fourth-order valence-corrected chi connectivity index (χ4v) is 4.65. The maximum Gasteiger partial charge on any atom is 0.306 e. The van der Waals surface area contributed by atoms with Gasteiger partial charge in [-0.15, -0.1) is 0 Å². The van der Waals surface area contributed by atoms with E-state index in [0.717, 1.165) is 23.8 Å². The topological polar surface area (TPSA) is 90.1 Å². The van der Waals surface area contributed by atoms with Crippen molar-refractivity contribution >= 4 is 17.9 Å². The second kappa shape index (κ2) is 12.8. The van der Waals surface area contributed by atoms with E-state index in [4.69, 9.17) is 9.26 Å². The molecule has 0 radical (unpaired) electrons. The Hall–Kier alpha value is -1.93. The summed E-state index contributed by atoms with van der Waals surface area (Å²) >= 11 is 1.42. The maximum absolute atomic E-state index is 12.3. The molecule has 1 N–H and O–H groups in total. The number of nitrogens with one attached hydrogen (secondary N) is 1. The van der Waals surface area contributed by atoms with Gasteiger partial charge >= 0.3 is 5.97 Å². The Labute approximate surface area is 189 Å². The summed E-state index contributed by atoms with van der Waals surface area (Å²) in [6, 6.07) is 5.76. The van der Waals surface area contributed by atoms with Crippen LogP contribution in [0.2, 0.25) is 0 Å². The first-order valence-corrected chi connectivity index (χ1v) is 12.2. The Morgan fingerprint density at radius 2 is 2.13 bits per heavy atom. The predicted octanol–water partition coefficient (Wildman–Crippen LogP) is 5.44. The van der Waals surface area contributed by atoms with Gasteiger partial charge in [-0.1, -0.05) is 56.2 Å². The number of hydrogen-bond acceptors (Lipinski definition) is 8. The summed E-state index contributed by atoms with van der Waals surface area (Å²) in [6.45, 7) is 4.19. The lowest BCUT2D eigenvalue weighted by Crippen LogP contribution is -2.16. The average molecular weight is 447 g/mol. The van der Waals surface area contributed by atoms with Crippen molar-refractivity contribution in [2.45, 2.75) is 95.2 Å². The van der Waals surface area contributed by atoms with Crippen molar-refractivity contribution in [2.24, 2.45) is 5.92 Å². The van der Waals surface area contributed by atoms with Crippen molar-refractivity contribution in [3.8, 4) is 0 Å². The van der Waals surface area contributed by atoms with E-state index in [1.165, 1.54) is 50.5 Å². The molecule has 170 valence electrons. The van der Waals surface area contributed by atoms with Gasteiger partial charge in [0, 0.05) is 12.1 Å². The van der Waals surface area contributed by atoms with Crippen LogP contribution in [0.15, 0.2) is 33.9 Å². The van der Waals surface area contributed by atoms with Crippen molar-refractivity contribution in [1.82, 2.24) is 19.8 Å². The molecule has 1 aliphatic carbocycles. The zero-order valence-corrected chi connectivity index (χ0v) is 19.4. The molecule has 2 heterocycles. The average Bonchev–Trinajstić information content (AvgIpc) is 3.23. The fourth-order valence-electron chi connectivity index (χ4n) is 4.04. The molecule has 0 unspecified atom stereocenters. The summed E-state index contributed by atoms with van der Waals surface area (Å²) in [5.41, 5.74) is 0. The Balaban J connectivity index is 1.53. The number of carbonyl (C=O) groups excluding carboxylic acids is 1. The molecule has 1 fully saturated rings. The van der Waals surface area contributed by atoms with Gasteiger partial charge in [-0.2, -0.15) is 4.98 Å². The highest BCUT2D eigenvalue weighted by atomic mass is 32.2. The number of hydrogen-bond donors (Lipinski definition) is 1. The third-order valence-electron chi connectivity index (χ3n) is 5.55. The van der Waals surface area contributed by atoms with Gasteiger partial charge in [0.1, 0.15) is 5.03 Å². The van der Waals surface area contributed by atoms with Gasteiger partial charge in [-0.25, -0.2) is 4.98 Å². The molecule has 3 rings (SSSR count). The molecule has 0 amide bonds. The van der Waals surface area contributed by atoms with Gasteiger partial charge in [-0.05, 0) is 50.3 Å². The highest BCUT2D eigenvalue weighted by Crippen LogP contribution is 2.31. The van der Waals surface area contributed by atoms with Gasteiger partial charge in [0.05, 0.1) is 19.1 Å². The van der Waals surface area contributed by atoms with Crippen LogP contribution in [-0.2, 0) is 16.1 Å². The van der Waals surface area contributed by atoms with Crippen LogP contribution in [0.4, 0.5) is 0 Å². The Morgan fingerprint density at radius 3 is 2.87 bits per heavy atom. The molecule has 0 aromatic carbocycles. The van der Waals surface area contributed by atoms with Crippen LogP contribution >= 0.6 is 11.9 Å². The molecule has 1 aliphatic rings. The quantitative estimate of drug-likeness (QED) is 0.341. The minimum Gasteiger partial charge on any atom is -0.463 e. The zero-order valence-electron chi connectivity index (χ0n) is 18.6. The molecule has 0 saturated heterocycles. The molecule has 0 bridgehead atoms. The summed E-state index contributed by atoms with van der Waals surface area (Å²) in [5.74, 6) is 1.63. The predicted molar refractivity (Wildman–Crippen MR) is 120 cm³/mol. The minimum absolute atomic E-state index is 0.0977. The highest BCUT2D eigenvalue weighted by Gasteiger charge is 2.24. The number of carbonyl (C=O) groups is 1. The standard InChI is InChI=1S/C23H34N4O3S/c1-17(2)29-22(28)15-19(12-8-11-18-9-4-3-5-10-18)23-26-20(27-30-23)16-25-31-21-13-6-7-14-24-21/h6-7,13-14,17-19,25H,3-5,8-12,15-16H2,1-2H3/t19-/m1/s1. The van der Waals surface area contributed by atoms with Crippen LogP contribution in [0.25, 0.3) is 0 Å². The van der Waals surface area contributed by atoms with E-state index >= 15 is 0 Å². The number of ether oxygens (including phenoxy) is 1. The van der Waals surface area contributed by atoms with Crippen LogP contribution in [-0.4, -0.2) is 27.2 Å². The molecule has 7 nitrogen and oxygen atoms in total. The lowest BCUT2D eigenvalue weighted by atomic mass is 9.84. The van der Waals surface area contributed by atoms with Gasteiger partial charge in [0.15, 0.2) is 5.82 Å². The molecule has 0 aliphatic heterocycles. The molecule has 31 heavy (non-hydrogen) atoms.